The van der Waals surface area contributed by atoms with Gasteiger partial charge in [0.1, 0.15) is 5.84 Å². The van der Waals surface area contributed by atoms with Crippen molar-refractivity contribution in [2.24, 2.45) is 5.73 Å². The van der Waals surface area contributed by atoms with Gasteiger partial charge in [-0.1, -0.05) is 12.1 Å². The van der Waals surface area contributed by atoms with Gasteiger partial charge in [-0.05, 0) is 12.1 Å². The second-order valence-corrected chi connectivity index (χ2v) is 3.40. The lowest BCUT2D eigenvalue weighted by molar-refractivity contribution is -0.138. The lowest BCUT2D eigenvalue weighted by Gasteiger charge is -2.09. The number of nitrogen functional groups attached to an aromatic ring is 1. The number of carbonyl (C=O) groups is 2. The Balaban J connectivity index is 0.00000289. The van der Waals surface area contributed by atoms with Gasteiger partial charge < -0.3 is 16.2 Å². The molecule has 0 aromatic heterocycles. The van der Waals surface area contributed by atoms with Crippen molar-refractivity contribution in [3.63, 3.8) is 0 Å². The van der Waals surface area contributed by atoms with E-state index in [4.69, 9.17) is 16.2 Å². The molecule has 1 aromatic carbocycles. The van der Waals surface area contributed by atoms with Crippen LogP contribution in [0.5, 0.6) is 0 Å². The fourth-order valence-electron chi connectivity index (χ4n) is 1.26. The Kier molecular flexibility index (Phi) is 6.44. The molecule has 1 rings (SSSR count). The normalized spacial score (nSPS) is 9.11. The molecular formula is C11H14ClN3O3. The van der Waals surface area contributed by atoms with Crippen LogP contribution in [0.2, 0.25) is 0 Å². The van der Waals surface area contributed by atoms with Crippen LogP contribution < -0.4 is 11.1 Å². The maximum atomic E-state index is 11.4. The van der Waals surface area contributed by atoms with Crippen molar-refractivity contribution in [2.45, 2.75) is 12.8 Å². The molecule has 6 nitrogen and oxygen atoms in total. The molecule has 18 heavy (non-hydrogen) atoms. The lowest BCUT2D eigenvalue weighted by atomic mass is 10.1. The first-order valence-electron chi connectivity index (χ1n) is 4.95. The number of carboxylic acids is 1. The zero-order valence-electron chi connectivity index (χ0n) is 9.47. The third-order valence-electron chi connectivity index (χ3n) is 2.06. The predicted octanol–water partition coefficient (Wildman–Crippen LogP) is 1.20. The highest BCUT2D eigenvalue weighted by atomic mass is 35.5. The number of carbonyl (C=O) groups excluding carboxylic acids is 1. The summed E-state index contributed by atoms with van der Waals surface area (Å²) in [6, 6.07) is 6.60. The van der Waals surface area contributed by atoms with E-state index < -0.39 is 11.9 Å². The number of amides is 1. The highest BCUT2D eigenvalue weighted by Gasteiger charge is 2.09. The topological polar surface area (TPSA) is 116 Å². The molecule has 7 heteroatoms. The summed E-state index contributed by atoms with van der Waals surface area (Å²) in [5, 5.41) is 18.3. The van der Waals surface area contributed by atoms with E-state index in [-0.39, 0.29) is 31.1 Å². The van der Waals surface area contributed by atoms with Crippen molar-refractivity contribution in [3.05, 3.63) is 29.8 Å². The molecular weight excluding hydrogens is 258 g/mol. The van der Waals surface area contributed by atoms with Crippen LogP contribution in [0.1, 0.15) is 18.4 Å². The van der Waals surface area contributed by atoms with Gasteiger partial charge in [0.25, 0.3) is 0 Å². The number of nitrogens with one attached hydrogen (secondary N) is 2. The van der Waals surface area contributed by atoms with Crippen LogP contribution in [0.4, 0.5) is 5.69 Å². The number of rotatable bonds is 5. The minimum atomic E-state index is -1.03. The van der Waals surface area contributed by atoms with Crippen LogP contribution in [-0.2, 0) is 9.59 Å². The Morgan fingerprint density at radius 1 is 1.28 bits per heavy atom. The van der Waals surface area contributed by atoms with Crippen LogP contribution in [0.3, 0.4) is 0 Å². The van der Waals surface area contributed by atoms with Crippen LogP contribution >= 0.6 is 12.4 Å². The molecule has 0 aliphatic rings. The zero-order chi connectivity index (χ0) is 12.8. The molecule has 5 N–H and O–H groups in total. The first-order chi connectivity index (χ1) is 8.00. The molecule has 0 saturated heterocycles. The van der Waals surface area contributed by atoms with Gasteiger partial charge in [0.2, 0.25) is 5.91 Å². The van der Waals surface area contributed by atoms with Crippen LogP contribution in [0, 0.1) is 5.41 Å². The number of carboxylic acid groups (broad SMARTS) is 1. The van der Waals surface area contributed by atoms with Crippen LogP contribution in [0.25, 0.3) is 0 Å². The quantitative estimate of drug-likeness (QED) is 0.475. The van der Waals surface area contributed by atoms with Gasteiger partial charge in [-0.25, -0.2) is 0 Å². The van der Waals surface area contributed by atoms with E-state index in [0.717, 1.165) is 0 Å². The Bertz CT molecular complexity index is 463. The van der Waals surface area contributed by atoms with Gasteiger partial charge in [-0.15, -0.1) is 12.4 Å². The van der Waals surface area contributed by atoms with Crippen molar-refractivity contribution >= 4 is 35.8 Å². The number of hydrogen-bond acceptors (Lipinski definition) is 3. The van der Waals surface area contributed by atoms with E-state index in [2.05, 4.69) is 5.32 Å². The summed E-state index contributed by atoms with van der Waals surface area (Å²) in [6.07, 6.45) is -0.338. The Labute approximate surface area is 110 Å². The molecule has 0 unspecified atom stereocenters. The molecule has 0 saturated carbocycles. The number of aliphatic carboxylic acids is 1. The number of amidine groups is 1. The first-order valence-corrected chi connectivity index (χ1v) is 4.95. The van der Waals surface area contributed by atoms with E-state index in [1.807, 2.05) is 0 Å². The average molecular weight is 272 g/mol. The Morgan fingerprint density at radius 2 is 1.89 bits per heavy atom. The molecule has 1 amide bonds. The van der Waals surface area contributed by atoms with E-state index in [9.17, 15) is 9.59 Å². The fraction of sp³-hybridized carbons (Fsp3) is 0.182. The summed E-state index contributed by atoms with van der Waals surface area (Å²) in [6.45, 7) is 0. The molecule has 0 fully saturated rings. The second-order valence-electron chi connectivity index (χ2n) is 3.40. The highest BCUT2D eigenvalue weighted by molar-refractivity contribution is 6.04. The SMILES string of the molecule is Cl.N=C(N)c1ccccc1NC(=O)CCC(=O)O. The van der Waals surface area contributed by atoms with E-state index in [1.54, 1.807) is 24.3 Å². The van der Waals surface area contributed by atoms with Crippen molar-refractivity contribution in [1.29, 1.82) is 5.41 Å². The number of halogens is 1. The molecule has 0 spiro atoms. The number of hydrogen-bond donors (Lipinski definition) is 4. The predicted molar refractivity (Wildman–Crippen MR) is 70.2 cm³/mol. The van der Waals surface area contributed by atoms with E-state index in [1.165, 1.54) is 0 Å². The monoisotopic (exact) mass is 271 g/mol. The molecule has 0 radical (unpaired) electrons. The van der Waals surface area contributed by atoms with Crippen molar-refractivity contribution in [3.8, 4) is 0 Å². The minimum absolute atomic E-state index is 0. The standard InChI is InChI=1S/C11H13N3O3.ClH/c12-11(13)7-3-1-2-4-8(7)14-9(15)5-6-10(16)17;/h1-4H,5-6H2,(H3,12,13)(H,14,15)(H,16,17);1H. The third-order valence-corrected chi connectivity index (χ3v) is 2.06. The van der Waals surface area contributed by atoms with Crippen molar-refractivity contribution in [2.75, 3.05) is 5.32 Å². The summed E-state index contributed by atoms with van der Waals surface area (Å²) < 4.78 is 0. The summed E-state index contributed by atoms with van der Waals surface area (Å²) >= 11 is 0. The fourth-order valence-corrected chi connectivity index (χ4v) is 1.26. The third kappa shape index (κ3) is 4.84. The molecule has 0 aliphatic heterocycles. The zero-order valence-corrected chi connectivity index (χ0v) is 10.3. The van der Waals surface area contributed by atoms with Gasteiger partial charge in [-0.2, -0.15) is 0 Å². The molecule has 0 heterocycles. The van der Waals surface area contributed by atoms with Crippen LogP contribution in [-0.4, -0.2) is 22.8 Å². The van der Waals surface area contributed by atoms with Crippen LogP contribution in [0.15, 0.2) is 24.3 Å². The minimum Gasteiger partial charge on any atom is -0.481 e. The van der Waals surface area contributed by atoms with Gasteiger partial charge in [0.05, 0.1) is 12.1 Å². The average Bonchev–Trinajstić information content (AvgIpc) is 2.27. The molecule has 0 bridgehead atoms. The van der Waals surface area contributed by atoms with Gasteiger partial charge in [0, 0.05) is 12.0 Å². The number of nitrogens with two attached hydrogens (primary N) is 1. The number of para-hydroxylation sites is 1. The van der Waals surface area contributed by atoms with E-state index >= 15 is 0 Å². The van der Waals surface area contributed by atoms with Gasteiger partial charge in [0.15, 0.2) is 0 Å². The smallest absolute Gasteiger partial charge is 0.303 e. The van der Waals surface area contributed by atoms with E-state index in [0.29, 0.717) is 11.3 Å². The molecule has 1 aromatic rings. The lowest BCUT2D eigenvalue weighted by Crippen LogP contribution is -2.18. The summed E-state index contributed by atoms with van der Waals surface area (Å²) in [7, 11) is 0. The summed E-state index contributed by atoms with van der Waals surface area (Å²) in [5.74, 6) is -1.60. The highest BCUT2D eigenvalue weighted by Crippen LogP contribution is 2.14. The first kappa shape index (κ1) is 15.9. The number of benzene rings is 1. The number of anilines is 1. The maximum Gasteiger partial charge on any atom is 0.303 e. The molecule has 98 valence electrons. The van der Waals surface area contributed by atoms with Crippen molar-refractivity contribution < 1.29 is 14.7 Å². The maximum absolute atomic E-state index is 11.4. The Morgan fingerprint density at radius 3 is 2.44 bits per heavy atom. The van der Waals surface area contributed by atoms with Crippen molar-refractivity contribution in [1.82, 2.24) is 0 Å². The summed E-state index contributed by atoms with van der Waals surface area (Å²) in [4.78, 5) is 21.7. The largest absolute Gasteiger partial charge is 0.481 e. The van der Waals surface area contributed by atoms with Gasteiger partial charge >= 0.3 is 5.97 Å². The Hall–Kier alpha value is -2.08. The summed E-state index contributed by atoms with van der Waals surface area (Å²) in [5.41, 5.74) is 6.18. The molecule has 0 aliphatic carbocycles. The second kappa shape index (κ2) is 7.29. The molecule has 0 atom stereocenters. The van der Waals surface area contributed by atoms with Gasteiger partial charge in [-0.3, -0.25) is 15.0 Å².